The number of rotatable bonds is 6. The molecular weight excluding hydrogens is 390 g/mol. The molecule has 11 nitrogen and oxygen atoms in total. The zero-order valence-electron chi connectivity index (χ0n) is 16.5. The van der Waals surface area contributed by atoms with Crippen LogP contribution in [0, 0.1) is 20.2 Å². The van der Waals surface area contributed by atoms with Crippen molar-refractivity contribution in [3.63, 3.8) is 0 Å². The maximum atomic E-state index is 10.8. The summed E-state index contributed by atoms with van der Waals surface area (Å²) in [5, 5.41) is 27.7. The van der Waals surface area contributed by atoms with Crippen LogP contribution in [0.5, 0.6) is 0 Å². The van der Waals surface area contributed by atoms with Crippen molar-refractivity contribution in [2.45, 2.75) is 26.2 Å². The third-order valence-electron chi connectivity index (χ3n) is 3.97. The van der Waals surface area contributed by atoms with Crippen molar-refractivity contribution in [1.29, 1.82) is 0 Å². The lowest BCUT2D eigenvalue weighted by Gasteiger charge is -2.18. The second-order valence-electron chi connectivity index (χ2n) is 7.41. The van der Waals surface area contributed by atoms with E-state index in [4.69, 9.17) is 0 Å². The van der Waals surface area contributed by atoms with Crippen molar-refractivity contribution in [2.75, 3.05) is 10.6 Å². The summed E-state index contributed by atoms with van der Waals surface area (Å²) in [5.41, 5.74) is 0.737. The lowest BCUT2D eigenvalue weighted by Crippen LogP contribution is -2.19. The molecule has 0 fully saturated rings. The van der Waals surface area contributed by atoms with Gasteiger partial charge in [0, 0.05) is 41.1 Å². The molecule has 11 heteroatoms. The number of hydrogen-bond acceptors (Lipinski definition) is 9. The first kappa shape index (κ1) is 20.6. The maximum absolute atomic E-state index is 10.8. The van der Waals surface area contributed by atoms with Crippen LogP contribution in [-0.4, -0.2) is 24.8 Å². The van der Waals surface area contributed by atoms with Crippen LogP contribution in [0.2, 0.25) is 0 Å². The average molecular weight is 409 g/mol. The Bertz CT molecular complexity index is 1000. The molecule has 2 N–H and O–H groups in total. The molecule has 0 bridgehead atoms. The summed E-state index contributed by atoms with van der Waals surface area (Å²) in [5.74, 6) is 1.03. The predicted molar refractivity (Wildman–Crippen MR) is 111 cm³/mol. The number of nitrogens with zero attached hydrogens (tertiary/aromatic N) is 5. The fraction of sp³-hybridized carbons (Fsp3) is 0.211. The number of non-ortho nitro benzene ring substituents is 2. The van der Waals surface area contributed by atoms with Crippen LogP contribution in [0.15, 0.2) is 48.5 Å². The van der Waals surface area contributed by atoms with E-state index in [0.717, 1.165) is 0 Å². The van der Waals surface area contributed by atoms with Crippen LogP contribution in [0.4, 0.5) is 34.6 Å². The summed E-state index contributed by atoms with van der Waals surface area (Å²) in [6.07, 6.45) is 0. The van der Waals surface area contributed by atoms with Crippen molar-refractivity contribution in [1.82, 2.24) is 15.0 Å². The van der Waals surface area contributed by atoms with Gasteiger partial charge >= 0.3 is 0 Å². The van der Waals surface area contributed by atoms with Crippen LogP contribution in [0.3, 0.4) is 0 Å². The standard InChI is InChI=1S/C19H19N7O4/c1-19(2,3)16-22-17(20-12-4-8-14(9-5-12)25(27)28)24-18(23-16)21-13-6-10-15(11-7-13)26(29)30/h4-11H,1-3H3,(H2,20,21,22,23,24). The van der Waals surface area contributed by atoms with Crippen LogP contribution >= 0.6 is 0 Å². The van der Waals surface area contributed by atoms with Crippen molar-refractivity contribution in [3.8, 4) is 0 Å². The summed E-state index contributed by atoms with van der Waals surface area (Å²) >= 11 is 0. The third-order valence-corrected chi connectivity index (χ3v) is 3.97. The molecule has 0 spiro atoms. The summed E-state index contributed by atoms with van der Waals surface area (Å²) in [6, 6.07) is 11.7. The Hall–Kier alpha value is -4.15. The number of nitro benzene ring substituents is 2. The monoisotopic (exact) mass is 409 g/mol. The Labute approximate surface area is 171 Å². The molecule has 3 rings (SSSR count). The number of nitrogens with one attached hydrogen (secondary N) is 2. The highest BCUT2D eigenvalue weighted by Gasteiger charge is 2.20. The first-order valence-electron chi connectivity index (χ1n) is 8.91. The van der Waals surface area contributed by atoms with Gasteiger partial charge in [0.05, 0.1) is 9.85 Å². The van der Waals surface area contributed by atoms with Crippen LogP contribution in [0.1, 0.15) is 26.6 Å². The molecule has 0 amide bonds. The summed E-state index contributed by atoms with van der Waals surface area (Å²) in [4.78, 5) is 33.9. The molecule has 154 valence electrons. The van der Waals surface area contributed by atoms with Gasteiger partial charge in [-0.25, -0.2) is 0 Å². The number of aromatic nitrogens is 3. The Morgan fingerprint density at radius 2 is 1.07 bits per heavy atom. The number of benzene rings is 2. The van der Waals surface area contributed by atoms with Gasteiger partial charge in [-0.3, -0.25) is 20.2 Å². The summed E-state index contributed by atoms with van der Waals surface area (Å²) in [6.45, 7) is 5.86. The van der Waals surface area contributed by atoms with Crippen molar-refractivity contribution < 1.29 is 9.85 Å². The quantitative estimate of drug-likeness (QED) is 0.444. The smallest absolute Gasteiger partial charge is 0.269 e. The van der Waals surface area contributed by atoms with Gasteiger partial charge in [-0.2, -0.15) is 15.0 Å². The van der Waals surface area contributed by atoms with E-state index in [9.17, 15) is 20.2 Å². The van der Waals surface area contributed by atoms with E-state index in [2.05, 4.69) is 25.6 Å². The van der Waals surface area contributed by atoms with Crippen molar-refractivity contribution >= 4 is 34.6 Å². The molecule has 30 heavy (non-hydrogen) atoms. The number of anilines is 4. The molecule has 3 aromatic rings. The molecule has 0 unspecified atom stereocenters. The van der Waals surface area contributed by atoms with E-state index in [1.807, 2.05) is 20.8 Å². The molecule has 1 heterocycles. The highest BCUT2D eigenvalue weighted by molar-refractivity contribution is 5.59. The molecule has 0 radical (unpaired) electrons. The molecule has 0 aliphatic heterocycles. The van der Waals surface area contributed by atoms with Gasteiger partial charge in [-0.15, -0.1) is 0 Å². The molecule has 0 aliphatic carbocycles. The summed E-state index contributed by atoms with van der Waals surface area (Å²) < 4.78 is 0. The Morgan fingerprint density at radius 3 is 1.37 bits per heavy atom. The fourth-order valence-electron chi connectivity index (χ4n) is 2.41. The van der Waals surface area contributed by atoms with Crippen molar-refractivity contribution in [2.24, 2.45) is 0 Å². The minimum atomic E-state index is -0.476. The highest BCUT2D eigenvalue weighted by Crippen LogP contribution is 2.25. The number of hydrogen-bond donors (Lipinski definition) is 2. The molecular formula is C19H19N7O4. The Morgan fingerprint density at radius 1 is 0.700 bits per heavy atom. The first-order valence-corrected chi connectivity index (χ1v) is 8.91. The zero-order chi connectivity index (χ0) is 21.9. The summed E-state index contributed by atoms with van der Waals surface area (Å²) in [7, 11) is 0. The van der Waals surface area contributed by atoms with Gasteiger partial charge in [0.2, 0.25) is 11.9 Å². The average Bonchev–Trinajstić information content (AvgIpc) is 2.68. The van der Waals surface area contributed by atoms with E-state index in [-0.39, 0.29) is 28.7 Å². The second-order valence-corrected chi connectivity index (χ2v) is 7.41. The first-order chi connectivity index (χ1) is 14.1. The minimum Gasteiger partial charge on any atom is -0.324 e. The molecule has 1 aromatic heterocycles. The van der Waals surface area contributed by atoms with Crippen LogP contribution in [0.25, 0.3) is 0 Å². The third kappa shape index (κ3) is 5.01. The lowest BCUT2D eigenvalue weighted by molar-refractivity contribution is -0.385. The molecule has 0 atom stereocenters. The zero-order valence-corrected chi connectivity index (χ0v) is 16.5. The minimum absolute atomic E-state index is 0.0212. The van der Waals surface area contributed by atoms with Gasteiger partial charge in [-0.1, -0.05) is 20.8 Å². The van der Waals surface area contributed by atoms with Crippen LogP contribution in [-0.2, 0) is 5.41 Å². The van der Waals surface area contributed by atoms with E-state index in [0.29, 0.717) is 17.2 Å². The number of nitro groups is 2. The van der Waals surface area contributed by atoms with Crippen molar-refractivity contribution in [3.05, 3.63) is 74.6 Å². The van der Waals surface area contributed by atoms with Gasteiger partial charge < -0.3 is 10.6 Å². The van der Waals surface area contributed by atoms with E-state index < -0.39 is 9.85 Å². The molecule has 0 aliphatic rings. The Balaban J connectivity index is 1.89. The van der Waals surface area contributed by atoms with E-state index >= 15 is 0 Å². The van der Waals surface area contributed by atoms with Gasteiger partial charge in [-0.05, 0) is 24.3 Å². The van der Waals surface area contributed by atoms with Crippen LogP contribution < -0.4 is 10.6 Å². The van der Waals surface area contributed by atoms with E-state index in [1.54, 1.807) is 24.3 Å². The van der Waals surface area contributed by atoms with Gasteiger partial charge in [0.25, 0.3) is 11.4 Å². The van der Waals surface area contributed by atoms with Gasteiger partial charge in [0.15, 0.2) is 0 Å². The normalized spacial score (nSPS) is 11.0. The molecule has 2 aromatic carbocycles. The largest absolute Gasteiger partial charge is 0.324 e. The second kappa shape index (κ2) is 8.07. The predicted octanol–water partition coefficient (Wildman–Crippen LogP) is 4.47. The van der Waals surface area contributed by atoms with Gasteiger partial charge in [0.1, 0.15) is 5.82 Å². The SMILES string of the molecule is CC(C)(C)c1nc(Nc2ccc([N+](=O)[O-])cc2)nc(Nc2ccc([N+](=O)[O-])cc2)n1. The lowest BCUT2D eigenvalue weighted by atomic mass is 9.96. The molecule has 0 saturated heterocycles. The molecule has 0 saturated carbocycles. The maximum Gasteiger partial charge on any atom is 0.269 e. The topological polar surface area (TPSA) is 149 Å². The Kier molecular flexibility index (Phi) is 5.54. The van der Waals surface area contributed by atoms with E-state index in [1.165, 1.54) is 24.3 Å². The fourth-order valence-corrected chi connectivity index (χ4v) is 2.41. The highest BCUT2D eigenvalue weighted by atomic mass is 16.6.